The van der Waals surface area contributed by atoms with Crippen LogP contribution in [0.4, 0.5) is 4.39 Å². The zero-order chi connectivity index (χ0) is 8.81. The van der Waals surface area contributed by atoms with Gasteiger partial charge in [0.2, 0.25) is 0 Å². The molecule has 0 N–H and O–H groups in total. The third kappa shape index (κ3) is 2.70. The molecule has 0 aliphatic heterocycles. The van der Waals surface area contributed by atoms with E-state index in [4.69, 9.17) is 4.84 Å². The molecular formula is C9H10FNO. The highest BCUT2D eigenvalue weighted by molar-refractivity contribution is 5.78. The summed E-state index contributed by atoms with van der Waals surface area (Å²) in [5.74, 6) is -0.268. The van der Waals surface area contributed by atoms with E-state index >= 15 is 0 Å². The molecule has 0 aliphatic rings. The minimum absolute atomic E-state index is 0.268. The van der Waals surface area contributed by atoms with Crippen LogP contribution in [-0.2, 0) is 4.84 Å². The number of halogens is 1. The van der Waals surface area contributed by atoms with E-state index in [0.29, 0.717) is 12.2 Å². The first-order chi connectivity index (χ1) is 5.83. The molecule has 2 nitrogen and oxygen atoms in total. The van der Waals surface area contributed by atoms with Gasteiger partial charge in [-0.15, -0.1) is 0 Å². The van der Waals surface area contributed by atoms with Crippen molar-refractivity contribution < 1.29 is 9.23 Å². The number of nitrogens with zero attached hydrogens (tertiary/aromatic N) is 1. The van der Waals surface area contributed by atoms with Crippen LogP contribution >= 0.6 is 0 Å². The van der Waals surface area contributed by atoms with Crippen molar-refractivity contribution in [2.75, 3.05) is 6.61 Å². The van der Waals surface area contributed by atoms with Gasteiger partial charge in [0, 0.05) is 0 Å². The van der Waals surface area contributed by atoms with Crippen LogP contribution in [-0.4, -0.2) is 12.8 Å². The molecule has 3 heteroatoms. The molecule has 0 aromatic heterocycles. The molecule has 0 saturated heterocycles. The fraction of sp³-hybridized carbons (Fsp3) is 0.222. The summed E-state index contributed by atoms with van der Waals surface area (Å²) in [6.07, 6.45) is 1.48. The molecule has 0 aliphatic carbocycles. The average Bonchev–Trinajstić information content (AvgIpc) is 2.05. The van der Waals surface area contributed by atoms with Crippen molar-refractivity contribution in [3.63, 3.8) is 0 Å². The summed E-state index contributed by atoms with van der Waals surface area (Å²) in [7, 11) is 0. The Morgan fingerprint density at radius 2 is 2.42 bits per heavy atom. The standard InChI is InChI=1S/C9H10FNO/c1-2-12-11-7-8-4-3-5-9(10)6-8/h3-7H,2H2,1H3. The maximum atomic E-state index is 12.6. The normalized spacial score (nSPS) is 10.5. The Balaban J connectivity index is 2.63. The number of rotatable bonds is 3. The smallest absolute Gasteiger partial charge is 0.123 e. The Bertz CT molecular complexity index is 273. The summed E-state index contributed by atoms with van der Waals surface area (Å²) in [6, 6.07) is 6.16. The second-order valence-electron chi connectivity index (χ2n) is 2.21. The van der Waals surface area contributed by atoms with E-state index in [2.05, 4.69) is 5.16 Å². The molecular weight excluding hydrogens is 157 g/mol. The Morgan fingerprint density at radius 3 is 3.08 bits per heavy atom. The highest BCUT2D eigenvalue weighted by Gasteiger charge is 1.89. The molecule has 64 valence electrons. The Kier molecular flexibility index (Phi) is 3.26. The van der Waals surface area contributed by atoms with Crippen molar-refractivity contribution in [2.45, 2.75) is 6.92 Å². The van der Waals surface area contributed by atoms with E-state index < -0.39 is 0 Å². The van der Waals surface area contributed by atoms with Gasteiger partial charge in [-0.1, -0.05) is 17.3 Å². The molecule has 1 aromatic rings. The maximum Gasteiger partial charge on any atom is 0.123 e. The number of oxime groups is 1. The second kappa shape index (κ2) is 4.49. The van der Waals surface area contributed by atoms with Crippen molar-refractivity contribution in [3.05, 3.63) is 35.6 Å². The largest absolute Gasteiger partial charge is 0.396 e. The van der Waals surface area contributed by atoms with Crippen LogP contribution in [0.3, 0.4) is 0 Å². The minimum Gasteiger partial charge on any atom is -0.396 e. The topological polar surface area (TPSA) is 21.6 Å². The lowest BCUT2D eigenvalue weighted by molar-refractivity contribution is 0.160. The van der Waals surface area contributed by atoms with Gasteiger partial charge in [0.25, 0.3) is 0 Å². The second-order valence-corrected chi connectivity index (χ2v) is 2.21. The maximum absolute atomic E-state index is 12.6. The van der Waals surface area contributed by atoms with Crippen LogP contribution in [0.1, 0.15) is 12.5 Å². The Morgan fingerprint density at radius 1 is 1.58 bits per heavy atom. The van der Waals surface area contributed by atoms with Crippen LogP contribution in [0.15, 0.2) is 29.4 Å². The van der Waals surface area contributed by atoms with E-state index in [-0.39, 0.29) is 5.82 Å². The van der Waals surface area contributed by atoms with Crippen LogP contribution in [0.25, 0.3) is 0 Å². The molecule has 0 fully saturated rings. The fourth-order valence-corrected chi connectivity index (χ4v) is 0.760. The van der Waals surface area contributed by atoms with E-state index in [9.17, 15) is 4.39 Å². The van der Waals surface area contributed by atoms with Gasteiger partial charge in [-0.2, -0.15) is 0 Å². The van der Waals surface area contributed by atoms with Crippen LogP contribution in [0.2, 0.25) is 0 Å². The fourth-order valence-electron chi connectivity index (χ4n) is 0.760. The monoisotopic (exact) mass is 167 g/mol. The highest BCUT2D eigenvalue weighted by atomic mass is 19.1. The number of benzene rings is 1. The Hall–Kier alpha value is -1.38. The van der Waals surface area contributed by atoms with E-state index in [1.165, 1.54) is 18.3 Å². The highest BCUT2D eigenvalue weighted by Crippen LogP contribution is 2.00. The number of hydrogen-bond acceptors (Lipinski definition) is 2. The lowest BCUT2D eigenvalue weighted by Crippen LogP contribution is -1.85. The molecule has 0 saturated carbocycles. The van der Waals surface area contributed by atoms with Crippen LogP contribution in [0, 0.1) is 5.82 Å². The minimum atomic E-state index is -0.268. The van der Waals surface area contributed by atoms with Crippen molar-refractivity contribution in [2.24, 2.45) is 5.16 Å². The predicted molar refractivity (Wildman–Crippen MR) is 45.6 cm³/mol. The lowest BCUT2D eigenvalue weighted by atomic mass is 10.2. The van der Waals surface area contributed by atoms with Gasteiger partial charge >= 0.3 is 0 Å². The van der Waals surface area contributed by atoms with E-state index in [1.807, 2.05) is 6.92 Å². The van der Waals surface area contributed by atoms with Crippen molar-refractivity contribution >= 4 is 6.21 Å². The molecule has 0 unspecified atom stereocenters. The first-order valence-electron chi connectivity index (χ1n) is 3.74. The van der Waals surface area contributed by atoms with Gasteiger partial charge < -0.3 is 4.84 Å². The van der Waals surface area contributed by atoms with E-state index in [0.717, 1.165) is 0 Å². The summed E-state index contributed by atoms with van der Waals surface area (Å²) in [5.41, 5.74) is 0.698. The lowest BCUT2D eigenvalue weighted by Gasteiger charge is -1.92. The van der Waals surface area contributed by atoms with Crippen molar-refractivity contribution in [1.82, 2.24) is 0 Å². The third-order valence-electron chi connectivity index (χ3n) is 1.25. The van der Waals surface area contributed by atoms with Gasteiger partial charge in [0.05, 0.1) is 6.21 Å². The summed E-state index contributed by atoms with van der Waals surface area (Å²) < 4.78 is 12.6. The molecule has 0 atom stereocenters. The zero-order valence-corrected chi connectivity index (χ0v) is 6.83. The number of hydrogen-bond donors (Lipinski definition) is 0. The quantitative estimate of drug-likeness (QED) is 0.499. The van der Waals surface area contributed by atoms with Gasteiger partial charge in [-0.25, -0.2) is 4.39 Å². The third-order valence-corrected chi connectivity index (χ3v) is 1.25. The zero-order valence-electron chi connectivity index (χ0n) is 6.83. The molecule has 12 heavy (non-hydrogen) atoms. The summed E-state index contributed by atoms with van der Waals surface area (Å²) >= 11 is 0. The first-order valence-corrected chi connectivity index (χ1v) is 3.74. The van der Waals surface area contributed by atoms with Crippen molar-refractivity contribution in [3.8, 4) is 0 Å². The summed E-state index contributed by atoms with van der Waals surface area (Å²) in [4.78, 5) is 4.72. The average molecular weight is 167 g/mol. The van der Waals surface area contributed by atoms with Gasteiger partial charge in [-0.05, 0) is 24.6 Å². The molecule has 1 rings (SSSR count). The van der Waals surface area contributed by atoms with Crippen LogP contribution in [0.5, 0.6) is 0 Å². The Labute approximate surface area is 70.7 Å². The van der Waals surface area contributed by atoms with Gasteiger partial charge in [-0.3, -0.25) is 0 Å². The molecule has 1 aromatic carbocycles. The predicted octanol–water partition coefficient (Wildman–Crippen LogP) is 2.20. The summed E-state index contributed by atoms with van der Waals surface area (Å²) in [5, 5.41) is 3.61. The summed E-state index contributed by atoms with van der Waals surface area (Å²) in [6.45, 7) is 2.36. The molecule has 0 spiro atoms. The van der Waals surface area contributed by atoms with Gasteiger partial charge in [0.1, 0.15) is 12.4 Å². The molecule has 0 amide bonds. The molecule has 0 heterocycles. The van der Waals surface area contributed by atoms with Gasteiger partial charge in [0.15, 0.2) is 0 Å². The van der Waals surface area contributed by atoms with E-state index in [1.54, 1.807) is 12.1 Å². The van der Waals surface area contributed by atoms with Crippen LogP contribution < -0.4 is 0 Å². The van der Waals surface area contributed by atoms with Crippen molar-refractivity contribution in [1.29, 1.82) is 0 Å². The first kappa shape index (κ1) is 8.71. The molecule has 0 radical (unpaired) electrons. The molecule has 0 bridgehead atoms. The SMILES string of the molecule is CCON=Cc1cccc(F)c1.